The molecule has 3 rings (SSSR count). The quantitative estimate of drug-likeness (QED) is 0.0794. The van der Waals surface area contributed by atoms with Crippen molar-refractivity contribution < 1.29 is 92.9 Å². The molecule has 0 spiro atoms. The molecule has 0 aromatic carbocycles. The largest absolute Gasteiger partial charge is 0.444 e. The fourth-order valence-electron chi connectivity index (χ4n) is 6.79. The van der Waals surface area contributed by atoms with E-state index in [2.05, 4.69) is 26.6 Å². The molecule has 25 heteroatoms. The Balaban J connectivity index is 1.99. The first-order valence-electron chi connectivity index (χ1n) is 21.0. The van der Waals surface area contributed by atoms with Crippen LogP contribution in [0.25, 0.3) is 0 Å². The predicted octanol–water partition coefficient (Wildman–Crippen LogP) is -3.58. The van der Waals surface area contributed by atoms with Crippen molar-refractivity contribution in [2.45, 2.75) is 203 Å². The lowest BCUT2D eigenvalue weighted by atomic mass is 9.83. The molecule has 3 aliphatic rings. The van der Waals surface area contributed by atoms with Crippen molar-refractivity contribution in [3.05, 3.63) is 0 Å². The van der Waals surface area contributed by atoms with Crippen molar-refractivity contribution in [1.82, 2.24) is 26.6 Å². The van der Waals surface area contributed by atoms with Gasteiger partial charge in [0.1, 0.15) is 89.9 Å². The maximum Gasteiger partial charge on any atom is 0.408 e. The number of rotatable bonds is 13. The number of hydrogen-bond acceptors (Lipinski definition) is 20. The van der Waals surface area contributed by atoms with Crippen molar-refractivity contribution in [3.63, 3.8) is 0 Å². The SMILES string of the molecule is C[C@H](NC(=O)OC(C)(C)C)C(=O)N[C@@H](C)C(=O)N[C@@H]1C[C@H](NC(=O)OC(C)(C)C)[C@@H](O[C@H]2O[C@H](CNC(=O)OC(C)(C)C)[C@@H](O)[C@H](O)[C@H]2O)[C@H](O)[C@H]1O[C@H]1O[C@H](CO)[C@@H](O)[C@H](N)[C@H]1O. The number of aliphatic hydroxyl groups excluding tert-OH is 7. The summed E-state index contributed by atoms with van der Waals surface area (Å²) in [5.41, 5.74) is 3.21. The topological polar surface area (TPSA) is 378 Å². The van der Waals surface area contributed by atoms with Gasteiger partial charge in [-0.1, -0.05) is 0 Å². The van der Waals surface area contributed by atoms with Crippen LogP contribution in [-0.2, 0) is 42.7 Å². The molecule has 2 saturated heterocycles. The molecule has 17 atom stereocenters. The van der Waals surface area contributed by atoms with Gasteiger partial charge in [0, 0.05) is 6.54 Å². The molecule has 25 nitrogen and oxygen atoms in total. The van der Waals surface area contributed by atoms with Gasteiger partial charge in [0.2, 0.25) is 11.8 Å². The molecule has 64 heavy (non-hydrogen) atoms. The van der Waals surface area contributed by atoms with Gasteiger partial charge in [-0.2, -0.15) is 0 Å². The Morgan fingerprint density at radius 2 is 1.06 bits per heavy atom. The van der Waals surface area contributed by atoms with Crippen LogP contribution in [0.3, 0.4) is 0 Å². The van der Waals surface area contributed by atoms with Crippen molar-refractivity contribution in [3.8, 4) is 0 Å². The second-order valence-electron chi connectivity index (χ2n) is 19.1. The minimum Gasteiger partial charge on any atom is -0.444 e. The maximum atomic E-state index is 13.8. The first kappa shape index (κ1) is 54.6. The summed E-state index contributed by atoms with van der Waals surface area (Å²) in [5, 5.41) is 88.7. The highest BCUT2D eigenvalue weighted by Gasteiger charge is 2.54. The highest BCUT2D eigenvalue weighted by Crippen LogP contribution is 2.33. The highest BCUT2D eigenvalue weighted by molar-refractivity contribution is 5.91. The number of nitrogens with two attached hydrogens (primary N) is 1. The van der Waals surface area contributed by atoms with E-state index < -0.39 is 170 Å². The van der Waals surface area contributed by atoms with Crippen LogP contribution in [0.15, 0.2) is 0 Å². The maximum absolute atomic E-state index is 13.8. The summed E-state index contributed by atoms with van der Waals surface area (Å²) in [4.78, 5) is 64.8. The Hall–Kier alpha value is -3.73. The molecular weight excluding hydrogens is 856 g/mol. The van der Waals surface area contributed by atoms with Crippen LogP contribution in [0.4, 0.5) is 14.4 Å². The van der Waals surface area contributed by atoms with Crippen LogP contribution < -0.4 is 32.3 Å². The van der Waals surface area contributed by atoms with Crippen LogP contribution in [-0.4, -0.2) is 200 Å². The minimum absolute atomic E-state index is 0.410. The zero-order valence-electron chi connectivity index (χ0n) is 38.0. The molecule has 0 unspecified atom stereocenters. The van der Waals surface area contributed by atoms with E-state index in [0.717, 1.165) is 0 Å². The second-order valence-corrected chi connectivity index (χ2v) is 19.1. The molecular formula is C39H70N6O19. The molecule has 0 bridgehead atoms. The van der Waals surface area contributed by atoms with Gasteiger partial charge in [-0.25, -0.2) is 14.4 Å². The Bertz CT molecular complexity index is 1590. The monoisotopic (exact) mass is 926 g/mol. The first-order valence-corrected chi connectivity index (χ1v) is 21.0. The third kappa shape index (κ3) is 15.7. The highest BCUT2D eigenvalue weighted by atomic mass is 16.7. The zero-order chi connectivity index (χ0) is 48.8. The number of ether oxygens (including phenoxy) is 7. The Morgan fingerprint density at radius 3 is 1.59 bits per heavy atom. The van der Waals surface area contributed by atoms with Gasteiger partial charge >= 0.3 is 18.3 Å². The fraction of sp³-hybridized carbons (Fsp3) is 0.872. The molecule has 1 aliphatic carbocycles. The summed E-state index contributed by atoms with van der Waals surface area (Å²) in [6.45, 7) is 15.9. The van der Waals surface area contributed by atoms with Gasteiger partial charge in [-0.15, -0.1) is 0 Å². The van der Waals surface area contributed by atoms with Gasteiger partial charge in [-0.3, -0.25) is 9.59 Å². The van der Waals surface area contributed by atoms with E-state index in [1.165, 1.54) is 13.8 Å². The van der Waals surface area contributed by atoms with Gasteiger partial charge in [-0.05, 0) is 82.6 Å². The van der Waals surface area contributed by atoms with Crippen LogP contribution >= 0.6 is 0 Å². The van der Waals surface area contributed by atoms with Crippen molar-refractivity contribution >= 4 is 30.1 Å². The number of carbonyl (C=O) groups is 5. The summed E-state index contributed by atoms with van der Waals surface area (Å²) in [6, 6.07) is -6.73. The molecule has 5 amide bonds. The number of hydrogen-bond donors (Lipinski definition) is 13. The lowest BCUT2D eigenvalue weighted by Crippen LogP contribution is -2.70. The standard InChI is InChI=1S/C39H70N6O19/c1-15(42-30(53)16(2)43-35(56)63-38(6,7)8)31(54)44-17-12-18(45-36(57)64-39(9,10)11)29(27(52)28(17)60-32-24(49)21(40)22(47)20(14-46)59-32)61-33-26(51)25(50)23(48)19(58-33)13-41-34(55)62-37(3,4)5/h15-29,32-33,46-52H,12-14,40H2,1-11H3,(H,41,55)(H,42,53)(H,43,56)(H,44,54)(H,45,57)/t15-,16-,17+,18-,19+,20+,21-,22+,23+,24+,25-,26+,27+,28-,29+,32+,33+/m0/s1. The summed E-state index contributed by atoms with van der Waals surface area (Å²) in [6.07, 6.45) is -24.3. The fourth-order valence-corrected chi connectivity index (χ4v) is 6.79. The molecule has 0 radical (unpaired) electrons. The van der Waals surface area contributed by atoms with Crippen molar-refractivity contribution in [2.75, 3.05) is 13.2 Å². The summed E-state index contributed by atoms with van der Waals surface area (Å²) in [5.74, 6) is -1.67. The molecule has 0 aromatic rings. The number of amides is 5. The zero-order valence-corrected chi connectivity index (χ0v) is 38.0. The normalized spacial score (nSPS) is 34.6. The molecule has 370 valence electrons. The minimum atomic E-state index is -2.02. The van der Waals surface area contributed by atoms with Crippen LogP contribution in [0, 0.1) is 0 Å². The molecule has 1 saturated carbocycles. The van der Waals surface area contributed by atoms with Gasteiger partial charge in [0.15, 0.2) is 12.6 Å². The van der Waals surface area contributed by atoms with Crippen LogP contribution in [0.1, 0.15) is 82.6 Å². The molecule has 14 N–H and O–H groups in total. The number of alkyl carbamates (subject to hydrolysis) is 3. The van der Waals surface area contributed by atoms with Crippen LogP contribution in [0.5, 0.6) is 0 Å². The lowest BCUT2D eigenvalue weighted by Gasteiger charge is -2.49. The van der Waals surface area contributed by atoms with Gasteiger partial charge < -0.3 is 101 Å². The van der Waals surface area contributed by atoms with E-state index in [-0.39, 0.29) is 0 Å². The van der Waals surface area contributed by atoms with E-state index in [1.807, 2.05) is 0 Å². The smallest absolute Gasteiger partial charge is 0.408 e. The molecule has 0 aromatic heterocycles. The number of carbonyl (C=O) groups excluding carboxylic acids is 5. The van der Waals surface area contributed by atoms with Crippen molar-refractivity contribution in [2.24, 2.45) is 5.73 Å². The lowest BCUT2D eigenvalue weighted by molar-refractivity contribution is -0.333. The number of nitrogens with one attached hydrogen (secondary N) is 5. The third-order valence-corrected chi connectivity index (χ3v) is 9.92. The number of aliphatic hydroxyl groups is 7. The molecule has 2 heterocycles. The summed E-state index contributed by atoms with van der Waals surface area (Å²) < 4.78 is 39.4. The molecule has 3 fully saturated rings. The summed E-state index contributed by atoms with van der Waals surface area (Å²) >= 11 is 0. The third-order valence-electron chi connectivity index (χ3n) is 9.92. The summed E-state index contributed by atoms with van der Waals surface area (Å²) in [7, 11) is 0. The molecule has 2 aliphatic heterocycles. The predicted molar refractivity (Wildman–Crippen MR) is 219 cm³/mol. The first-order chi connectivity index (χ1) is 29.3. The van der Waals surface area contributed by atoms with Crippen molar-refractivity contribution in [1.29, 1.82) is 0 Å². The second kappa shape index (κ2) is 22.2. The van der Waals surface area contributed by atoms with E-state index in [4.69, 9.17) is 38.9 Å². The van der Waals surface area contributed by atoms with Gasteiger partial charge in [0.05, 0.1) is 24.7 Å². The Kier molecular flexibility index (Phi) is 18.9. The Morgan fingerprint density at radius 1 is 0.594 bits per heavy atom. The average molecular weight is 927 g/mol. The van der Waals surface area contributed by atoms with E-state index in [9.17, 15) is 59.7 Å². The van der Waals surface area contributed by atoms with E-state index >= 15 is 0 Å². The van der Waals surface area contributed by atoms with Gasteiger partial charge in [0.25, 0.3) is 0 Å². The average Bonchev–Trinajstić information content (AvgIpc) is 3.14. The van der Waals surface area contributed by atoms with E-state index in [1.54, 1.807) is 62.3 Å². The van der Waals surface area contributed by atoms with Crippen LogP contribution in [0.2, 0.25) is 0 Å². The Labute approximate surface area is 371 Å². The van der Waals surface area contributed by atoms with E-state index in [0.29, 0.717) is 0 Å².